The number of rotatable bonds is 6. The first-order valence-corrected chi connectivity index (χ1v) is 6.51. The third-order valence-corrected chi connectivity index (χ3v) is 2.92. The van der Waals surface area contributed by atoms with Crippen LogP contribution >= 0.6 is 15.9 Å². The van der Waals surface area contributed by atoms with E-state index in [1.165, 1.54) is 0 Å². The number of aromatic nitrogens is 1. The summed E-state index contributed by atoms with van der Waals surface area (Å²) in [6.07, 6.45) is 2.99. The summed E-state index contributed by atoms with van der Waals surface area (Å²) in [6.45, 7) is 2.49. The molecular formula is C12H18BrN3O2. The van der Waals surface area contributed by atoms with Crippen molar-refractivity contribution in [2.24, 2.45) is 5.73 Å². The Bertz CT molecular complexity index is 412. The van der Waals surface area contributed by atoms with Crippen LogP contribution in [-0.2, 0) is 9.53 Å². The van der Waals surface area contributed by atoms with E-state index >= 15 is 0 Å². The van der Waals surface area contributed by atoms with Crippen LogP contribution in [0.25, 0.3) is 0 Å². The molecule has 5 nitrogen and oxygen atoms in total. The van der Waals surface area contributed by atoms with E-state index in [4.69, 9.17) is 10.5 Å². The van der Waals surface area contributed by atoms with Crippen LogP contribution < -0.4 is 11.1 Å². The second kappa shape index (κ2) is 7.45. The average molecular weight is 316 g/mol. The Morgan fingerprint density at radius 1 is 1.67 bits per heavy atom. The minimum atomic E-state index is -0.537. The summed E-state index contributed by atoms with van der Waals surface area (Å²) >= 11 is 3.32. The number of carbonyl (C=O) groups is 1. The topological polar surface area (TPSA) is 77.2 Å². The largest absolute Gasteiger partial charge is 0.385 e. The predicted octanol–water partition coefficient (Wildman–Crippen LogP) is 1.84. The lowest BCUT2D eigenvalue weighted by Crippen LogP contribution is -2.36. The highest BCUT2D eigenvalue weighted by Gasteiger charge is 2.14. The summed E-state index contributed by atoms with van der Waals surface area (Å²) in [6, 6.07) is 1.35. The molecule has 3 N–H and O–H groups in total. The van der Waals surface area contributed by atoms with Crippen LogP contribution in [0.15, 0.2) is 16.7 Å². The van der Waals surface area contributed by atoms with Crippen molar-refractivity contribution < 1.29 is 9.53 Å². The molecule has 0 bridgehead atoms. The molecule has 1 aromatic heterocycles. The van der Waals surface area contributed by atoms with Gasteiger partial charge in [0, 0.05) is 24.4 Å². The fraction of sp³-hybridized carbons (Fsp3) is 0.500. The summed E-state index contributed by atoms with van der Waals surface area (Å²) in [7, 11) is 1.63. The molecule has 0 saturated carbocycles. The van der Waals surface area contributed by atoms with Crippen LogP contribution in [0.4, 0.5) is 5.82 Å². The molecule has 6 heteroatoms. The third kappa shape index (κ3) is 4.72. The predicted molar refractivity (Wildman–Crippen MR) is 74.4 cm³/mol. The molecule has 1 atom stereocenters. The van der Waals surface area contributed by atoms with Crippen LogP contribution in [0.3, 0.4) is 0 Å². The van der Waals surface area contributed by atoms with Crippen molar-refractivity contribution in [1.29, 1.82) is 0 Å². The standard InChI is InChI=1S/C12H18BrN3O2/c1-8-6-9(13)7-15-11(8)16-12(17)10(14)4-3-5-18-2/h6-7,10H,3-5,14H2,1-2H3,(H,15,16,17). The average Bonchev–Trinajstić information content (AvgIpc) is 2.32. The van der Waals surface area contributed by atoms with Crippen molar-refractivity contribution >= 4 is 27.7 Å². The van der Waals surface area contributed by atoms with Crippen molar-refractivity contribution in [3.63, 3.8) is 0 Å². The summed E-state index contributed by atoms with van der Waals surface area (Å²) in [5.41, 5.74) is 6.67. The maximum absolute atomic E-state index is 11.8. The van der Waals surface area contributed by atoms with Gasteiger partial charge in [-0.2, -0.15) is 0 Å². The number of anilines is 1. The van der Waals surface area contributed by atoms with Crippen molar-refractivity contribution in [2.75, 3.05) is 19.0 Å². The van der Waals surface area contributed by atoms with Crippen molar-refractivity contribution in [1.82, 2.24) is 4.98 Å². The zero-order valence-electron chi connectivity index (χ0n) is 10.6. The Labute approximate surface area is 115 Å². The molecule has 0 aliphatic heterocycles. The van der Waals surface area contributed by atoms with Gasteiger partial charge in [-0.25, -0.2) is 4.98 Å². The van der Waals surface area contributed by atoms with Crippen LogP contribution in [0.5, 0.6) is 0 Å². The Balaban J connectivity index is 2.53. The van der Waals surface area contributed by atoms with Gasteiger partial charge in [-0.3, -0.25) is 4.79 Å². The van der Waals surface area contributed by atoms with Gasteiger partial charge >= 0.3 is 0 Å². The maximum atomic E-state index is 11.8. The lowest BCUT2D eigenvalue weighted by Gasteiger charge is -2.12. The molecule has 1 unspecified atom stereocenters. The fourth-order valence-corrected chi connectivity index (χ4v) is 1.91. The van der Waals surface area contributed by atoms with E-state index in [-0.39, 0.29) is 5.91 Å². The molecule has 0 aromatic carbocycles. The van der Waals surface area contributed by atoms with E-state index in [1.54, 1.807) is 13.3 Å². The number of nitrogens with two attached hydrogens (primary N) is 1. The number of amides is 1. The second-order valence-corrected chi connectivity index (χ2v) is 4.97. The van der Waals surface area contributed by atoms with Crippen molar-refractivity contribution in [3.8, 4) is 0 Å². The summed E-state index contributed by atoms with van der Waals surface area (Å²) in [5.74, 6) is 0.328. The van der Waals surface area contributed by atoms with Gasteiger partial charge in [0.05, 0.1) is 6.04 Å². The number of nitrogens with zero attached hydrogens (tertiary/aromatic N) is 1. The quantitative estimate of drug-likeness (QED) is 0.785. The normalized spacial score (nSPS) is 12.2. The van der Waals surface area contributed by atoms with E-state index in [2.05, 4.69) is 26.2 Å². The molecule has 1 amide bonds. The first-order valence-electron chi connectivity index (χ1n) is 5.72. The molecule has 18 heavy (non-hydrogen) atoms. The number of carbonyl (C=O) groups excluding carboxylic acids is 1. The number of ether oxygens (including phenoxy) is 1. The monoisotopic (exact) mass is 315 g/mol. The molecule has 0 fully saturated rings. The molecule has 1 aromatic rings. The van der Waals surface area contributed by atoms with Gasteiger partial charge in [-0.15, -0.1) is 0 Å². The number of hydrogen-bond donors (Lipinski definition) is 2. The minimum Gasteiger partial charge on any atom is -0.385 e. The SMILES string of the molecule is COCCCC(N)C(=O)Nc1ncc(Br)cc1C. The molecule has 0 saturated heterocycles. The maximum Gasteiger partial charge on any atom is 0.242 e. The van der Waals surface area contributed by atoms with Gasteiger partial charge in [0.2, 0.25) is 5.91 Å². The zero-order chi connectivity index (χ0) is 13.5. The highest BCUT2D eigenvalue weighted by Crippen LogP contribution is 2.16. The van der Waals surface area contributed by atoms with E-state index in [9.17, 15) is 4.79 Å². The smallest absolute Gasteiger partial charge is 0.242 e. The summed E-state index contributed by atoms with van der Waals surface area (Å²) < 4.78 is 5.79. The first kappa shape index (κ1) is 15.1. The lowest BCUT2D eigenvalue weighted by atomic mass is 10.1. The molecule has 0 aliphatic rings. The fourth-order valence-electron chi connectivity index (χ4n) is 1.46. The first-order chi connectivity index (χ1) is 8.54. The van der Waals surface area contributed by atoms with Gasteiger partial charge in [0.15, 0.2) is 0 Å². The zero-order valence-corrected chi connectivity index (χ0v) is 12.2. The van der Waals surface area contributed by atoms with E-state index < -0.39 is 6.04 Å². The van der Waals surface area contributed by atoms with Crippen molar-refractivity contribution in [3.05, 3.63) is 22.3 Å². The van der Waals surface area contributed by atoms with Crippen LogP contribution in [0.1, 0.15) is 18.4 Å². The van der Waals surface area contributed by atoms with Gasteiger partial charge in [0.1, 0.15) is 5.82 Å². The van der Waals surface area contributed by atoms with Gasteiger partial charge in [0.25, 0.3) is 0 Å². The van der Waals surface area contributed by atoms with Crippen LogP contribution in [-0.4, -0.2) is 30.6 Å². The Morgan fingerprint density at radius 2 is 2.39 bits per heavy atom. The van der Waals surface area contributed by atoms with E-state index in [0.29, 0.717) is 18.8 Å². The molecule has 0 spiro atoms. The van der Waals surface area contributed by atoms with Crippen molar-refractivity contribution in [2.45, 2.75) is 25.8 Å². The number of hydrogen-bond acceptors (Lipinski definition) is 4. The highest BCUT2D eigenvalue weighted by atomic mass is 79.9. The minimum absolute atomic E-state index is 0.218. The summed E-state index contributed by atoms with van der Waals surface area (Å²) in [5, 5.41) is 2.73. The number of pyridine rings is 1. The Kier molecular flexibility index (Phi) is 6.24. The number of methoxy groups -OCH3 is 1. The Morgan fingerprint density at radius 3 is 3.00 bits per heavy atom. The number of aryl methyl sites for hydroxylation is 1. The number of halogens is 1. The van der Waals surface area contributed by atoms with Crippen LogP contribution in [0.2, 0.25) is 0 Å². The van der Waals surface area contributed by atoms with Crippen LogP contribution in [0, 0.1) is 6.92 Å². The lowest BCUT2D eigenvalue weighted by molar-refractivity contribution is -0.117. The second-order valence-electron chi connectivity index (χ2n) is 4.05. The molecule has 1 heterocycles. The van der Waals surface area contributed by atoms with Gasteiger partial charge < -0.3 is 15.8 Å². The Hall–Kier alpha value is -0.980. The summed E-state index contributed by atoms with van der Waals surface area (Å²) in [4.78, 5) is 16.0. The number of nitrogens with one attached hydrogen (secondary N) is 1. The molecule has 1 rings (SSSR count). The van der Waals surface area contributed by atoms with Gasteiger partial charge in [-0.05, 0) is 47.3 Å². The molecular weight excluding hydrogens is 298 g/mol. The molecule has 0 radical (unpaired) electrons. The molecule has 100 valence electrons. The van der Waals surface area contributed by atoms with E-state index in [0.717, 1.165) is 16.5 Å². The van der Waals surface area contributed by atoms with E-state index in [1.807, 2.05) is 13.0 Å². The highest BCUT2D eigenvalue weighted by molar-refractivity contribution is 9.10. The molecule has 0 aliphatic carbocycles. The van der Waals surface area contributed by atoms with Gasteiger partial charge in [-0.1, -0.05) is 0 Å². The third-order valence-electron chi connectivity index (χ3n) is 2.49.